The summed E-state index contributed by atoms with van der Waals surface area (Å²) >= 11 is 0. The van der Waals surface area contributed by atoms with E-state index >= 15 is 0 Å². The molecule has 0 aliphatic rings. The van der Waals surface area contributed by atoms with Gasteiger partial charge >= 0.3 is 18.1 Å². The van der Waals surface area contributed by atoms with Gasteiger partial charge in [-0.2, -0.15) is 13.2 Å². The molecule has 0 heterocycles. The Morgan fingerprint density at radius 2 is 1.50 bits per heavy atom. The Morgan fingerprint density at radius 1 is 1.15 bits per heavy atom. The van der Waals surface area contributed by atoms with E-state index in [2.05, 4.69) is 13.2 Å². The second-order valence-corrected chi connectivity index (χ2v) is 3.29. The minimum Gasteiger partial charge on any atom is -0.478 e. The van der Waals surface area contributed by atoms with Crippen LogP contribution in [0, 0.1) is 0 Å². The first-order valence-electron chi connectivity index (χ1n) is 4.60. The molecule has 4 nitrogen and oxygen atoms in total. The predicted molar refractivity (Wildman–Crippen MR) is 55.1 cm³/mol. The highest BCUT2D eigenvalue weighted by atomic mass is 19.4. The van der Waals surface area contributed by atoms with E-state index in [1.54, 1.807) is 0 Å². The average molecular weight is 308 g/mol. The fourth-order valence-corrected chi connectivity index (χ4v) is 0.689. The van der Waals surface area contributed by atoms with Gasteiger partial charge in [0.2, 0.25) is 0 Å². The summed E-state index contributed by atoms with van der Waals surface area (Å²) in [6.45, 7) is 5.55. The summed E-state index contributed by atoms with van der Waals surface area (Å²) in [4.78, 5) is 19.3. The zero-order chi connectivity index (χ0) is 16.7. The molecule has 0 aromatic carbocycles. The third-order valence-electron chi connectivity index (χ3n) is 1.58. The van der Waals surface area contributed by atoms with Crippen LogP contribution in [-0.4, -0.2) is 40.4 Å². The van der Waals surface area contributed by atoms with Crippen molar-refractivity contribution in [1.82, 2.24) is 0 Å². The molecule has 0 bridgehead atoms. The van der Waals surface area contributed by atoms with Crippen LogP contribution < -0.4 is 0 Å². The molecule has 0 fully saturated rings. The Labute approximate surface area is 109 Å². The first-order chi connectivity index (χ1) is 8.75. The molecule has 0 saturated carbocycles. The molecule has 0 aliphatic carbocycles. The van der Waals surface area contributed by atoms with Crippen LogP contribution in [0.25, 0.3) is 0 Å². The zero-order valence-corrected chi connectivity index (χ0v) is 9.75. The number of halogens is 6. The van der Waals surface area contributed by atoms with Crippen molar-refractivity contribution < 1.29 is 46.1 Å². The highest BCUT2D eigenvalue weighted by Crippen LogP contribution is 2.38. The molecule has 0 amide bonds. The first kappa shape index (κ1) is 20.3. The lowest BCUT2D eigenvalue weighted by Gasteiger charge is -2.22. The second kappa shape index (κ2) is 7.56. The van der Waals surface area contributed by atoms with Gasteiger partial charge < -0.3 is 10.2 Å². The Morgan fingerprint density at radius 3 is 1.70 bits per heavy atom. The van der Waals surface area contributed by atoms with Gasteiger partial charge in [-0.05, 0) is 0 Å². The molecule has 1 atom stereocenters. The zero-order valence-electron chi connectivity index (χ0n) is 9.75. The van der Waals surface area contributed by atoms with Crippen molar-refractivity contribution in [2.24, 2.45) is 0 Å². The third kappa shape index (κ3) is 8.16. The summed E-state index contributed by atoms with van der Waals surface area (Å²) in [5.74, 6) is -7.71. The summed E-state index contributed by atoms with van der Waals surface area (Å²) < 4.78 is 71.9. The Bertz CT molecular complexity index is 388. The lowest BCUT2D eigenvalue weighted by Crippen LogP contribution is -2.42. The fraction of sp³-hybridized carbons (Fsp3) is 0.400. The van der Waals surface area contributed by atoms with E-state index in [1.807, 2.05) is 0 Å². The number of aliphatic carboxylic acids is 2. The Hall–Kier alpha value is -2.00. The minimum absolute atomic E-state index is 0.833. The summed E-state index contributed by atoms with van der Waals surface area (Å²) in [5.41, 5.74) is -1.19. The number of hydrogen-bond donors (Lipinski definition) is 2. The van der Waals surface area contributed by atoms with Crippen LogP contribution in [0.1, 0.15) is 6.42 Å². The van der Waals surface area contributed by atoms with E-state index < -0.39 is 42.2 Å². The first-order valence-corrected chi connectivity index (χ1v) is 4.60. The quantitative estimate of drug-likeness (QED) is 0.605. The lowest BCUT2D eigenvalue weighted by atomic mass is 10.0. The largest absolute Gasteiger partial charge is 0.478 e. The molecular weight excluding hydrogens is 298 g/mol. The number of hydrogen-bond acceptors (Lipinski definition) is 2. The molecule has 20 heavy (non-hydrogen) atoms. The van der Waals surface area contributed by atoms with Crippen molar-refractivity contribution >= 4 is 11.9 Å². The molecule has 0 spiro atoms. The van der Waals surface area contributed by atoms with Crippen molar-refractivity contribution in [3.63, 3.8) is 0 Å². The summed E-state index contributed by atoms with van der Waals surface area (Å²) in [6, 6.07) is 0. The predicted octanol–water partition coefficient (Wildman–Crippen LogP) is 2.81. The van der Waals surface area contributed by atoms with Gasteiger partial charge in [-0.1, -0.05) is 13.2 Å². The average Bonchev–Trinajstić information content (AvgIpc) is 2.26. The van der Waals surface area contributed by atoms with Crippen molar-refractivity contribution in [2.75, 3.05) is 0 Å². The van der Waals surface area contributed by atoms with Crippen LogP contribution in [-0.2, 0) is 9.59 Å². The molecule has 0 aromatic heterocycles. The van der Waals surface area contributed by atoms with Gasteiger partial charge in [-0.25, -0.2) is 22.8 Å². The van der Waals surface area contributed by atoms with Gasteiger partial charge in [-0.3, -0.25) is 0 Å². The van der Waals surface area contributed by atoms with Crippen molar-refractivity contribution in [2.45, 2.75) is 24.7 Å². The summed E-state index contributed by atoms with van der Waals surface area (Å²) in [6.07, 6.45) is -11.2. The highest BCUT2D eigenvalue weighted by molar-refractivity contribution is 5.85. The third-order valence-corrected chi connectivity index (χ3v) is 1.58. The molecule has 0 radical (unpaired) electrons. The van der Waals surface area contributed by atoms with Crippen molar-refractivity contribution in [3.8, 4) is 0 Å². The van der Waals surface area contributed by atoms with Gasteiger partial charge in [0.05, 0.1) is 0 Å². The molecule has 0 saturated heterocycles. The van der Waals surface area contributed by atoms with Crippen LogP contribution in [0.4, 0.5) is 26.3 Å². The maximum atomic E-state index is 12.5. The van der Waals surface area contributed by atoms with Gasteiger partial charge in [0, 0.05) is 18.1 Å². The molecule has 116 valence electrons. The normalized spacial score (nSPS) is 12.7. The second-order valence-electron chi connectivity index (χ2n) is 3.29. The number of carbonyl (C=O) groups is 2. The van der Waals surface area contributed by atoms with Crippen LogP contribution in [0.2, 0.25) is 0 Å². The summed E-state index contributed by atoms with van der Waals surface area (Å²) in [7, 11) is 0. The molecule has 0 rings (SSSR count). The molecule has 0 aromatic rings. The van der Waals surface area contributed by atoms with Crippen molar-refractivity contribution in [3.05, 3.63) is 24.8 Å². The maximum absolute atomic E-state index is 12.5. The van der Waals surface area contributed by atoms with Gasteiger partial charge in [0.1, 0.15) is 0 Å². The molecular formula is C10H10F6O4. The number of rotatable bonds is 5. The minimum atomic E-state index is -5.73. The van der Waals surface area contributed by atoms with E-state index in [4.69, 9.17) is 10.2 Å². The smallest absolute Gasteiger partial charge is 0.425 e. The van der Waals surface area contributed by atoms with Gasteiger partial charge in [0.15, 0.2) is 0 Å². The van der Waals surface area contributed by atoms with Gasteiger partial charge in [0.25, 0.3) is 12.1 Å². The van der Waals surface area contributed by atoms with Crippen LogP contribution >= 0.6 is 0 Å². The number of carboxylic acids is 2. The maximum Gasteiger partial charge on any atom is 0.425 e. The number of alkyl halides is 6. The Kier molecular flexibility index (Phi) is 7.68. The standard InChI is InChI=1S/C7H6F6O2.C3H4O2/c1-3(4(14)15)2-6(9,10)5(8)7(11,12)13;1-2-3(4)5/h5H,1-2H2,(H,14,15);2H,1H2,(H,4,5). The molecule has 0 aliphatic heterocycles. The summed E-state index contributed by atoms with van der Waals surface area (Å²) in [5, 5.41) is 15.7. The fourth-order valence-electron chi connectivity index (χ4n) is 0.689. The van der Waals surface area contributed by atoms with E-state index in [1.165, 1.54) is 0 Å². The van der Waals surface area contributed by atoms with Crippen LogP contribution in [0.3, 0.4) is 0 Å². The van der Waals surface area contributed by atoms with E-state index in [0.29, 0.717) is 0 Å². The highest BCUT2D eigenvalue weighted by Gasteiger charge is 2.56. The monoisotopic (exact) mass is 308 g/mol. The molecule has 10 heteroatoms. The number of carboxylic acid groups (broad SMARTS) is 2. The van der Waals surface area contributed by atoms with Gasteiger partial charge in [-0.15, -0.1) is 0 Å². The molecule has 1 unspecified atom stereocenters. The Balaban J connectivity index is 0. The molecule has 2 N–H and O–H groups in total. The van der Waals surface area contributed by atoms with E-state index in [0.717, 1.165) is 6.08 Å². The van der Waals surface area contributed by atoms with Crippen LogP contribution in [0.5, 0.6) is 0 Å². The van der Waals surface area contributed by atoms with Crippen LogP contribution in [0.15, 0.2) is 24.8 Å². The van der Waals surface area contributed by atoms with E-state index in [-0.39, 0.29) is 0 Å². The van der Waals surface area contributed by atoms with E-state index in [9.17, 15) is 35.9 Å². The lowest BCUT2D eigenvalue weighted by molar-refractivity contribution is -0.243. The van der Waals surface area contributed by atoms with Crippen molar-refractivity contribution in [1.29, 1.82) is 0 Å². The topological polar surface area (TPSA) is 74.6 Å². The SMILES string of the molecule is C=C(CC(F)(F)C(F)C(F)(F)F)C(=O)O.C=CC(=O)O.